The standard InChI is InChI=1S/C8H16NO/c1-2-6-9-7-4-3-5-8-10/h2,10H,1,3-8H2. The Kier molecular flexibility index (Phi) is 8.37. The summed E-state index contributed by atoms with van der Waals surface area (Å²) in [5.41, 5.74) is 0. The van der Waals surface area contributed by atoms with Gasteiger partial charge < -0.3 is 5.11 Å². The molecule has 10 heavy (non-hydrogen) atoms. The molecule has 0 spiro atoms. The van der Waals surface area contributed by atoms with E-state index in [1.807, 2.05) is 0 Å². The molecule has 0 aromatic heterocycles. The Morgan fingerprint density at radius 2 is 2.10 bits per heavy atom. The maximum absolute atomic E-state index is 8.42. The van der Waals surface area contributed by atoms with Crippen molar-refractivity contribution in [2.24, 2.45) is 0 Å². The third kappa shape index (κ3) is 7.66. The van der Waals surface area contributed by atoms with Crippen LogP contribution >= 0.6 is 0 Å². The molecule has 0 heterocycles. The van der Waals surface area contributed by atoms with Crippen LogP contribution in [-0.2, 0) is 0 Å². The van der Waals surface area contributed by atoms with Crippen LogP contribution in [-0.4, -0.2) is 24.8 Å². The van der Waals surface area contributed by atoms with Crippen LogP contribution in [0.3, 0.4) is 0 Å². The Labute approximate surface area is 62.9 Å². The molecule has 0 aliphatic rings. The van der Waals surface area contributed by atoms with Gasteiger partial charge in [0.05, 0.1) is 0 Å². The summed E-state index contributed by atoms with van der Waals surface area (Å²) in [6.07, 6.45) is 4.88. The van der Waals surface area contributed by atoms with Crippen LogP contribution in [0.25, 0.3) is 0 Å². The molecule has 0 bridgehead atoms. The van der Waals surface area contributed by atoms with Crippen molar-refractivity contribution in [3.05, 3.63) is 12.7 Å². The van der Waals surface area contributed by atoms with E-state index in [4.69, 9.17) is 5.11 Å². The Balaban J connectivity index is 2.70. The van der Waals surface area contributed by atoms with Gasteiger partial charge in [-0.2, -0.15) is 0 Å². The van der Waals surface area contributed by atoms with E-state index < -0.39 is 0 Å². The van der Waals surface area contributed by atoms with Gasteiger partial charge in [-0.3, -0.25) is 0 Å². The third-order valence-electron chi connectivity index (χ3n) is 1.23. The number of rotatable bonds is 7. The fraction of sp³-hybridized carbons (Fsp3) is 0.750. The summed E-state index contributed by atoms with van der Waals surface area (Å²) in [6.45, 7) is 5.54. The lowest BCUT2D eigenvalue weighted by molar-refractivity contribution is 0.283. The molecule has 0 aromatic rings. The first-order valence-electron chi connectivity index (χ1n) is 3.77. The second-order valence-electron chi connectivity index (χ2n) is 2.20. The lowest BCUT2D eigenvalue weighted by atomic mass is 10.2. The first-order chi connectivity index (χ1) is 4.91. The second-order valence-corrected chi connectivity index (χ2v) is 2.20. The molecule has 0 fully saturated rings. The van der Waals surface area contributed by atoms with Crippen LogP contribution in [0.15, 0.2) is 12.7 Å². The second kappa shape index (κ2) is 8.66. The van der Waals surface area contributed by atoms with E-state index in [2.05, 4.69) is 11.9 Å². The highest BCUT2D eigenvalue weighted by molar-refractivity contribution is 4.68. The highest BCUT2D eigenvalue weighted by Crippen LogP contribution is 1.91. The van der Waals surface area contributed by atoms with Gasteiger partial charge in [-0.05, 0) is 19.3 Å². The minimum absolute atomic E-state index is 0.307. The molecular weight excluding hydrogens is 126 g/mol. The van der Waals surface area contributed by atoms with E-state index in [-0.39, 0.29) is 0 Å². The zero-order valence-electron chi connectivity index (χ0n) is 6.42. The fourth-order valence-electron chi connectivity index (χ4n) is 0.695. The Bertz CT molecular complexity index is 73.7. The molecule has 2 nitrogen and oxygen atoms in total. The number of unbranched alkanes of at least 4 members (excludes halogenated alkanes) is 2. The normalized spacial score (nSPS) is 9.70. The van der Waals surface area contributed by atoms with Gasteiger partial charge in [-0.25, -0.2) is 5.32 Å². The molecule has 0 saturated carbocycles. The van der Waals surface area contributed by atoms with Crippen LogP contribution in [0.4, 0.5) is 0 Å². The predicted octanol–water partition coefficient (Wildman–Crippen LogP) is 0.939. The molecule has 0 atom stereocenters. The summed E-state index contributed by atoms with van der Waals surface area (Å²) in [6, 6.07) is 0. The Morgan fingerprint density at radius 3 is 2.70 bits per heavy atom. The Morgan fingerprint density at radius 1 is 1.30 bits per heavy atom. The monoisotopic (exact) mass is 142 g/mol. The van der Waals surface area contributed by atoms with Crippen molar-refractivity contribution in [1.82, 2.24) is 5.32 Å². The summed E-state index contributed by atoms with van der Waals surface area (Å²) < 4.78 is 0. The molecule has 0 aromatic carbocycles. The number of nitrogens with zero attached hydrogens (tertiary/aromatic N) is 1. The number of hydrogen-bond acceptors (Lipinski definition) is 1. The maximum atomic E-state index is 8.42. The van der Waals surface area contributed by atoms with Gasteiger partial charge in [0.15, 0.2) is 0 Å². The van der Waals surface area contributed by atoms with Crippen molar-refractivity contribution in [2.45, 2.75) is 19.3 Å². The molecule has 1 N–H and O–H groups in total. The molecule has 0 amide bonds. The molecule has 0 aliphatic carbocycles. The topological polar surface area (TPSA) is 34.3 Å². The molecule has 59 valence electrons. The first kappa shape index (κ1) is 9.66. The molecule has 1 radical (unpaired) electrons. The quantitative estimate of drug-likeness (QED) is 0.416. The minimum Gasteiger partial charge on any atom is -0.396 e. The number of aliphatic hydroxyl groups is 1. The van der Waals surface area contributed by atoms with Crippen molar-refractivity contribution >= 4 is 0 Å². The molecule has 0 aliphatic heterocycles. The fourth-order valence-corrected chi connectivity index (χ4v) is 0.695. The van der Waals surface area contributed by atoms with Gasteiger partial charge in [-0.1, -0.05) is 6.08 Å². The lowest BCUT2D eigenvalue weighted by Crippen LogP contribution is -2.05. The van der Waals surface area contributed by atoms with Gasteiger partial charge in [-0.15, -0.1) is 6.58 Å². The zero-order valence-corrected chi connectivity index (χ0v) is 6.42. The smallest absolute Gasteiger partial charge is 0.0431 e. The van der Waals surface area contributed by atoms with Gasteiger partial charge in [0, 0.05) is 19.7 Å². The zero-order chi connectivity index (χ0) is 7.66. The molecular formula is C8H16NO. The van der Waals surface area contributed by atoms with Crippen molar-refractivity contribution in [3.8, 4) is 0 Å². The molecule has 2 heteroatoms. The number of aliphatic hydroxyl groups excluding tert-OH is 1. The minimum atomic E-state index is 0.307. The van der Waals surface area contributed by atoms with Crippen molar-refractivity contribution in [3.63, 3.8) is 0 Å². The van der Waals surface area contributed by atoms with Crippen molar-refractivity contribution < 1.29 is 5.11 Å². The van der Waals surface area contributed by atoms with Crippen LogP contribution < -0.4 is 5.32 Å². The van der Waals surface area contributed by atoms with Gasteiger partial charge in [0.25, 0.3) is 0 Å². The summed E-state index contributed by atoms with van der Waals surface area (Å²) >= 11 is 0. The van der Waals surface area contributed by atoms with E-state index in [0.29, 0.717) is 6.61 Å². The van der Waals surface area contributed by atoms with Gasteiger partial charge in [0.2, 0.25) is 0 Å². The van der Waals surface area contributed by atoms with E-state index in [1.54, 1.807) is 6.08 Å². The van der Waals surface area contributed by atoms with Crippen molar-refractivity contribution in [1.29, 1.82) is 0 Å². The molecule has 0 rings (SSSR count). The van der Waals surface area contributed by atoms with Crippen LogP contribution in [0.2, 0.25) is 0 Å². The van der Waals surface area contributed by atoms with Gasteiger partial charge >= 0.3 is 0 Å². The number of hydrogen-bond donors (Lipinski definition) is 1. The summed E-state index contributed by atoms with van der Waals surface area (Å²) in [7, 11) is 0. The van der Waals surface area contributed by atoms with E-state index >= 15 is 0 Å². The summed E-state index contributed by atoms with van der Waals surface area (Å²) in [5, 5.41) is 12.6. The average molecular weight is 142 g/mol. The highest BCUT2D eigenvalue weighted by Gasteiger charge is 1.86. The van der Waals surface area contributed by atoms with E-state index in [1.165, 1.54) is 0 Å². The molecule has 0 saturated heterocycles. The van der Waals surface area contributed by atoms with Crippen LogP contribution in [0, 0.1) is 0 Å². The van der Waals surface area contributed by atoms with E-state index in [9.17, 15) is 0 Å². The Hall–Kier alpha value is -0.340. The SMILES string of the molecule is C=CC[N]CCCCCO. The third-order valence-corrected chi connectivity index (χ3v) is 1.23. The summed E-state index contributed by atoms with van der Waals surface area (Å²) in [4.78, 5) is 0. The van der Waals surface area contributed by atoms with Crippen LogP contribution in [0.5, 0.6) is 0 Å². The predicted molar refractivity (Wildman–Crippen MR) is 43.0 cm³/mol. The largest absolute Gasteiger partial charge is 0.396 e. The average Bonchev–Trinajstić information content (AvgIpc) is 1.97. The first-order valence-corrected chi connectivity index (χ1v) is 3.77. The van der Waals surface area contributed by atoms with Crippen LogP contribution in [0.1, 0.15) is 19.3 Å². The summed E-state index contributed by atoms with van der Waals surface area (Å²) in [5.74, 6) is 0. The highest BCUT2D eigenvalue weighted by atomic mass is 16.2. The van der Waals surface area contributed by atoms with Crippen molar-refractivity contribution in [2.75, 3.05) is 19.7 Å². The maximum Gasteiger partial charge on any atom is 0.0431 e. The van der Waals surface area contributed by atoms with Gasteiger partial charge in [0.1, 0.15) is 0 Å². The van der Waals surface area contributed by atoms with E-state index in [0.717, 1.165) is 32.4 Å². The lowest BCUT2D eigenvalue weighted by Gasteiger charge is -1.97. The molecule has 0 unspecified atom stereocenters.